The second kappa shape index (κ2) is 47.0. The highest BCUT2D eigenvalue weighted by Gasteiger charge is 2.20. The van der Waals surface area contributed by atoms with Gasteiger partial charge >= 0.3 is 5.97 Å². The summed E-state index contributed by atoms with van der Waals surface area (Å²) in [6.07, 6.45) is 54.3. The zero-order valence-electron chi connectivity index (χ0n) is 38.1. The molecule has 57 heavy (non-hydrogen) atoms. The number of nitrogens with one attached hydrogen (secondary N) is 1. The average Bonchev–Trinajstić information content (AvgIpc) is 3.21. The van der Waals surface area contributed by atoms with Crippen molar-refractivity contribution in [3.8, 4) is 0 Å². The first-order valence-electron chi connectivity index (χ1n) is 25.1. The first kappa shape index (κ1) is 55.3. The van der Waals surface area contributed by atoms with Crippen LogP contribution in [0.1, 0.15) is 264 Å². The lowest BCUT2D eigenvalue weighted by Crippen LogP contribution is -2.45. The van der Waals surface area contributed by atoms with Gasteiger partial charge in [0.2, 0.25) is 5.91 Å². The minimum absolute atomic E-state index is 0.0152. The van der Waals surface area contributed by atoms with Crippen LogP contribution in [-0.2, 0) is 14.3 Å². The molecule has 0 saturated carbocycles. The van der Waals surface area contributed by atoms with Crippen LogP contribution in [-0.4, -0.2) is 47.4 Å². The Kier molecular flexibility index (Phi) is 45.7. The van der Waals surface area contributed by atoms with Crippen molar-refractivity contribution in [1.82, 2.24) is 5.32 Å². The van der Waals surface area contributed by atoms with Crippen LogP contribution in [0.25, 0.3) is 0 Å². The van der Waals surface area contributed by atoms with Crippen LogP contribution in [0.5, 0.6) is 0 Å². The molecule has 0 heterocycles. The lowest BCUT2D eigenvalue weighted by molar-refractivity contribution is -0.143. The highest BCUT2D eigenvalue weighted by molar-refractivity contribution is 5.76. The Bertz CT molecular complexity index is 889. The van der Waals surface area contributed by atoms with E-state index < -0.39 is 12.1 Å². The number of hydrogen-bond acceptors (Lipinski definition) is 5. The van der Waals surface area contributed by atoms with Crippen LogP contribution in [0, 0.1) is 0 Å². The standard InChI is InChI=1S/C51H97NO5/c1-3-5-7-9-11-13-15-25-29-33-37-41-45-51(56)57-46-42-38-34-30-26-22-20-18-16-17-19-21-24-28-32-36-40-44-50(55)52-48(47-53)49(54)43-39-35-31-27-23-14-12-10-8-6-4-2/h16,18,22,26,48-49,53-54H,3-15,17,19-21,23-25,27-47H2,1-2H3,(H,52,55)/b18-16-,26-22-. The van der Waals surface area contributed by atoms with Crippen LogP contribution in [0.15, 0.2) is 24.3 Å². The molecule has 0 fully saturated rings. The topological polar surface area (TPSA) is 95.9 Å². The van der Waals surface area contributed by atoms with E-state index in [0.29, 0.717) is 25.9 Å². The summed E-state index contributed by atoms with van der Waals surface area (Å²) in [7, 11) is 0. The minimum atomic E-state index is -0.672. The Labute approximate surface area is 354 Å². The largest absolute Gasteiger partial charge is 0.466 e. The van der Waals surface area contributed by atoms with Gasteiger partial charge in [-0.25, -0.2) is 0 Å². The molecule has 0 bridgehead atoms. The van der Waals surface area contributed by atoms with E-state index >= 15 is 0 Å². The van der Waals surface area contributed by atoms with E-state index in [1.165, 1.54) is 148 Å². The van der Waals surface area contributed by atoms with Crippen molar-refractivity contribution < 1.29 is 24.5 Å². The first-order valence-corrected chi connectivity index (χ1v) is 25.1. The van der Waals surface area contributed by atoms with Crippen LogP contribution >= 0.6 is 0 Å². The first-order chi connectivity index (χ1) is 28.0. The molecule has 336 valence electrons. The molecule has 2 atom stereocenters. The Balaban J connectivity index is 3.50. The van der Waals surface area contributed by atoms with E-state index in [2.05, 4.69) is 43.5 Å². The van der Waals surface area contributed by atoms with Crippen LogP contribution < -0.4 is 5.32 Å². The molecule has 0 aliphatic carbocycles. The maximum Gasteiger partial charge on any atom is 0.305 e. The Hall–Kier alpha value is -1.66. The third-order valence-electron chi connectivity index (χ3n) is 11.5. The van der Waals surface area contributed by atoms with Gasteiger partial charge < -0.3 is 20.3 Å². The average molecular weight is 804 g/mol. The van der Waals surface area contributed by atoms with Gasteiger partial charge in [-0.1, -0.05) is 212 Å². The number of aliphatic hydroxyl groups excluding tert-OH is 2. The minimum Gasteiger partial charge on any atom is -0.466 e. The summed E-state index contributed by atoms with van der Waals surface area (Å²) in [6, 6.07) is -0.551. The van der Waals surface area contributed by atoms with Gasteiger partial charge in [0.1, 0.15) is 0 Å². The van der Waals surface area contributed by atoms with E-state index in [0.717, 1.165) is 83.5 Å². The molecule has 1 amide bonds. The quantitative estimate of drug-likeness (QED) is 0.0324. The predicted molar refractivity (Wildman–Crippen MR) is 246 cm³/mol. The monoisotopic (exact) mass is 804 g/mol. The summed E-state index contributed by atoms with van der Waals surface area (Å²) in [5.74, 6) is -0.0678. The molecule has 0 aromatic rings. The van der Waals surface area contributed by atoms with Gasteiger partial charge in [0.25, 0.3) is 0 Å². The van der Waals surface area contributed by atoms with Gasteiger partial charge in [0.05, 0.1) is 25.4 Å². The molecule has 3 N–H and O–H groups in total. The number of amides is 1. The molecule has 0 radical (unpaired) electrons. The van der Waals surface area contributed by atoms with Gasteiger partial charge in [0, 0.05) is 12.8 Å². The van der Waals surface area contributed by atoms with Gasteiger partial charge in [-0.3, -0.25) is 9.59 Å². The van der Waals surface area contributed by atoms with Crippen molar-refractivity contribution in [2.75, 3.05) is 13.2 Å². The molecule has 0 aromatic heterocycles. The molecular weight excluding hydrogens is 707 g/mol. The third-order valence-corrected chi connectivity index (χ3v) is 11.5. The molecule has 0 saturated heterocycles. The van der Waals surface area contributed by atoms with Crippen LogP contribution in [0.4, 0.5) is 0 Å². The van der Waals surface area contributed by atoms with Crippen molar-refractivity contribution in [3.05, 3.63) is 24.3 Å². The Morgan fingerprint density at radius 1 is 0.491 bits per heavy atom. The van der Waals surface area contributed by atoms with Crippen molar-refractivity contribution in [2.45, 2.75) is 276 Å². The van der Waals surface area contributed by atoms with Gasteiger partial charge in [-0.05, 0) is 64.2 Å². The van der Waals surface area contributed by atoms with E-state index in [4.69, 9.17) is 4.74 Å². The fourth-order valence-corrected chi connectivity index (χ4v) is 7.61. The molecule has 0 rings (SSSR count). The van der Waals surface area contributed by atoms with Crippen molar-refractivity contribution in [1.29, 1.82) is 0 Å². The summed E-state index contributed by atoms with van der Waals surface area (Å²) in [6.45, 7) is 4.89. The Morgan fingerprint density at radius 3 is 1.33 bits per heavy atom. The molecule has 0 spiro atoms. The zero-order valence-corrected chi connectivity index (χ0v) is 38.1. The van der Waals surface area contributed by atoms with E-state index in [1.807, 2.05) is 0 Å². The molecule has 0 aliphatic heterocycles. The number of carbonyl (C=O) groups is 2. The predicted octanol–water partition coefficient (Wildman–Crippen LogP) is 14.7. The number of rotatable bonds is 46. The number of hydrogen-bond donors (Lipinski definition) is 3. The maximum absolute atomic E-state index is 12.4. The summed E-state index contributed by atoms with van der Waals surface area (Å²) in [4.78, 5) is 24.4. The van der Waals surface area contributed by atoms with E-state index in [9.17, 15) is 19.8 Å². The normalized spacial score (nSPS) is 12.8. The maximum atomic E-state index is 12.4. The second-order valence-electron chi connectivity index (χ2n) is 17.1. The molecule has 2 unspecified atom stereocenters. The summed E-state index contributed by atoms with van der Waals surface area (Å²) in [5, 5.41) is 23.1. The number of carbonyl (C=O) groups excluding carboxylic acids is 2. The van der Waals surface area contributed by atoms with E-state index in [-0.39, 0.29) is 18.5 Å². The molecule has 0 aliphatic rings. The van der Waals surface area contributed by atoms with Gasteiger partial charge in [-0.15, -0.1) is 0 Å². The van der Waals surface area contributed by atoms with Crippen molar-refractivity contribution >= 4 is 11.9 Å². The molecule has 6 nitrogen and oxygen atoms in total. The van der Waals surface area contributed by atoms with Gasteiger partial charge in [0.15, 0.2) is 0 Å². The zero-order chi connectivity index (χ0) is 41.5. The number of ether oxygens (including phenoxy) is 1. The van der Waals surface area contributed by atoms with Crippen LogP contribution in [0.2, 0.25) is 0 Å². The Morgan fingerprint density at radius 2 is 0.877 bits per heavy atom. The summed E-state index contributed by atoms with van der Waals surface area (Å²) >= 11 is 0. The van der Waals surface area contributed by atoms with E-state index in [1.54, 1.807) is 0 Å². The lowest BCUT2D eigenvalue weighted by Gasteiger charge is -2.22. The highest BCUT2D eigenvalue weighted by atomic mass is 16.5. The molecule has 6 heteroatoms. The third kappa shape index (κ3) is 43.7. The second-order valence-corrected chi connectivity index (χ2v) is 17.1. The van der Waals surface area contributed by atoms with Gasteiger partial charge in [-0.2, -0.15) is 0 Å². The SMILES string of the molecule is CCCCCCCCCCCCCCC(=O)OCCCCC/C=C\C/C=C\CCCCCCCCCC(=O)NC(CO)C(O)CCCCCCCCCCCCC. The highest BCUT2D eigenvalue weighted by Crippen LogP contribution is 2.16. The van der Waals surface area contributed by atoms with Crippen LogP contribution in [0.3, 0.4) is 0 Å². The smallest absolute Gasteiger partial charge is 0.305 e. The summed E-state index contributed by atoms with van der Waals surface area (Å²) in [5.41, 5.74) is 0. The molecule has 0 aromatic carbocycles. The summed E-state index contributed by atoms with van der Waals surface area (Å²) < 4.78 is 5.43. The lowest BCUT2D eigenvalue weighted by atomic mass is 10.0. The van der Waals surface area contributed by atoms with Crippen molar-refractivity contribution in [3.63, 3.8) is 0 Å². The number of esters is 1. The number of allylic oxidation sites excluding steroid dienone is 4. The fourth-order valence-electron chi connectivity index (χ4n) is 7.61. The van der Waals surface area contributed by atoms with Crippen molar-refractivity contribution in [2.24, 2.45) is 0 Å². The molecular formula is C51H97NO5. The number of aliphatic hydroxyl groups is 2. The fraction of sp³-hybridized carbons (Fsp3) is 0.882. The number of unbranched alkanes of at least 4 members (excludes halogenated alkanes) is 31.